The first-order valence-electron chi connectivity index (χ1n) is 25.6. The predicted molar refractivity (Wildman–Crippen MR) is 279 cm³/mol. The number of aliphatic hydroxyl groups excluding tert-OH is 2. The molecule has 2 aliphatic carbocycles. The van der Waals surface area contributed by atoms with Crippen molar-refractivity contribution in [3.63, 3.8) is 0 Å². The van der Waals surface area contributed by atoms with Crippen LogP contribution in [-0.4, -0.2) is 89.3 Å². The molecule has 74 heavy (non-hydrogen) atoms. The lowest BCUT2D eigenvalue weighted by molar-refractivity contribution is -0.384. The number of amides is 2. The Kier molecular flexibility index (Phi) is 18.5. The Bertz CT molecular complexity index is 2760. The quantitative estimate of drug-likeness (QED) is 0.0217. The van der Waals surface area contributed by atoms with Gasteiger partial charge in [0.25, 0.3) is 5.69 Å². The van der Waals surface area contributed by atoms with Crippen LogP contribution in [0.2, 0.25) is 0 Å². The van der Waals surface area contributed by atoms with Crippen molar-refractivity contribution in [3.05, 3.63) is 172 Å². The minimum Gasteiger partial charge on any atom is -0.459 e. The Morgan fingerprint density at radius 3 is 2.41 bits per heavy atom. The van der Waals surface area contributed by atoms with E-state index in [0.29, 0.717) is 61.6 Å². The van der Waals surface area contributed by atoms with Gasteiger partial charge < -0.3 is 44.1 Å². The minimum atomic E-state index is -1.63. The van der Waals surface area contributed by atoms with Gasteiger partial charge in [0, 0.05) is 49.8 Å². The van der Waals surface area contributed by atoms with Gasteiger partial charge in [0.2, 0.25) is 5.79 Å². The van der Waals surface area contributed by atoms with Crippen LogP contribution in [0, 0.1) is 27.9 Å². The van der Waals surface area contributed by atoms with Gasteiger partial charge in [-0.1, -0.05) is 103 Å². The van der Waals surface area contributed by atoms with Gasteiger partial charge in [-0.2, -0.15) is 0 Å². The maximum atomic E-state index is 15.3. The highest BCUT2D eigenvalue weighted by Crippen LogP contribution is 2.62. The van der Waals surface area contributed by atoms with Crippen molar-refractivity contribution in [1.29, 1.82) is 0 Å². The molecule has 1 aliphatic heterocycles. The van der Waals surface area contributed by atoms with E-state index < -0.39 is 40.8 Å². The predicted octanol–water partition coefficient (Wildman–Crippen LogP) is 10.5. The lowest BCUT2D eigenvalue weighted by atomic mass is 9.55. The van der Waals surface area contributed by atoms with Crippen LogP contribution in [0.15, 0.2) is 145 Å². The lowest BCUT2D eigenvalue weighted by Crippen LogP contribution is -2.70. The van der Waals surface area contributed by atoms with E-state index in [1.807, 2.05) is 85.8 Å². The third-order valence-electron chi connectivity index (χ3n) is 14.1. The SMILES string of the molecule is C=CCOC12Oc3ccc(OC(=O)NCC)cc3C3C(CCCCO)C(CCCCO)C=C(C(=NOCc4ccc([N+](=O)[O-])cc4)CC1N(Cc1cccc4ccccc14)C(=O)OCCOCc1ccccc1)C32. The largest absolute Gasteiger partial charge is 0.459 e. The number of hydrogen-bond acceptors (Lipinski definition) is 13. The van der Waals surface area contributed by atoms with Crippen LogP contribution in [0.4, 0.5) is 15.3 Å². The Labute approximate surface area is 431 Å². The molecule has 1 heterocycles. The fourth-order valence-electron chi connectivity index (χ4n) is 10.8. The highest BCUT2D eigenvalue weighted by atomic mass is 16.7. The molecule has 0 bridgehead atoms. The van der Waals surface area contributed by atoms with E-state index >= 15 is 4.79 Å². The summed E-state index contributed by atoms with van der Waals surface area (Å²) in [7, 11) is 0. The number of nitrogens with zero attached hydrogens (tertiary/aromatic N) is 3. The zero-order chi connectivity index (χ0) is 51.9. The summed E-state index contributed by atoms with van der Waals surface area (Å²) in [4.78, 5) is 47.2. The van der Waals surface area contributed by atoms with Gasteiger partial charge in [-0.25, -0.2) is 9.59 Å². The summed E-state index contributed by atoms with van der Waals surface area (Å²) in [5, 5.41) is 41.2. The number of aliphatic hydroxyl groups is 2. The van der Waals surface area contributed by atoms with Crippen molar-refractivity contribution in [2.45, 2.75) is 89.4 Å². The first kappa shape index (κ1) is 53.2. The fourth-order valence-corrected chi connectivity index (χ4v) is 10.8. The molecule has 16 nitrogen and oxygen atoms in total. The molecule has 8 rings (SSSR count). The second kappa shape index (κ2) is 25.7. The highest BCUT2D eigenvalue weighted by molar-refractivity contribution is 6.03. The number of nitro groups is 1. The summed E-state index contributed by atoms with van der Waals surface area (Å²) in [6.45, 7) is 6.78. The number of allylic oxidation sites excluding steroid dienone is 1. The molecule has 5 aromatic carbocycles. The number of hydrogen-bond donors (Lipinski definition) is 3. The van der Waals surface area contributed by atoms with Crippen LogP contribution in [0.3, 0.4) is 0 Å². The zero-order valence-electron chi connectivity index (χ0n) is 41.9. The van der Waals surface area contributed by atoms with Crippen LogP contribution in [-0.2, 0) is 38.8 Å². The Morgan fingerprint density at radius 2 is 1.65 bits per heavy atom. The average Bonchev–Trinajstić information content (AvgIpc) is 3.42. The number of carbonyl (C=O) groups excluding carboxylic acids is 2. The normalized spacial score (nSPS) is 21.1. The van der Waals surface area contributed by atoms with Crippen molar-refractivity contribution < 1.29 is 53.2 Å². The molecule has 6 unspecified atom stereocenters. The van der Waals surface area contributed by atoms with E-state index in [1.165, 1.54) is 12.1 Å². The molecule has 3 N–H and O–H groups in total. The van der Waals surface area contributed by atoms with Crippen LogP contribution in [0.1, 0.15) is 80.0 Å². The van der Waals surface area contributed by atoms with Crippen molar-refractivity contribution in [1.82, 2.24) is 10.2 Å². The van der Waals surface area contributed by atoms with Crippen molar-refractivity contribution in [3.8, 4) is 11.5 Å². The molecule has 0 aromatic heterocycles. The number of fused-ring (bicyclic) bond motifs is 3. The molecule has 390 valence electrons. The molecule has 5 aromatic rings. The Hall–Kier alpha value is -7.11. The third kappa shape index (κ3) is 12.4. The van der Waals surface area contributed by atoms with E-state index in [4.69, 9.17) is 33.7 Å². The van der Waals surface area contributed by atoms with Gasteiger partial charge >= 0.3 is 12.2 Å². The van der Waals surface area contributed by atoms with Gasteiger partial charge in [-0.3, -0.25) is 15.0 Å². The molecule has 0 spiro atoms. The number of rotatable bonds is 25. The summed E-state index contributed by atoms with van der Waals surface area (Å²) in [6, 6.07) is 34.1. The maximum absolute atomic E-state index is 15.3. The van der Waals surface area contributed by atoms with Crippen LogP contribution in [0.25, 0.3) is 10.8 Å². The van der Waals surface area contributed by atoms with Gasteiger partial charge in [0.05, 0.1) is 42.9 Å². The second-order valence-corrected chi connectivity index (χ2v) is 18.8. The Morgan fingerprint density at radius 1 is 0.905 bits per heavy atom. The van der Waals surface area contributed by atoms with E-state index in [0.717, 1.165) is 45.9 Å². The third-order valence-corrected chi connectivity index (χ3v) is 14.1. The van der Waals surface area contributed by atoms with E-state index in [9.17, 15) is 25.1 Å². The van der Waals surface area contributed by atoms with Crippen LogP contribution < -0.4 is 14.8 Å². The second-order valence-electron chi connectivity index (χ2n) is 18.8. The molecular weight excluding hydrogens is 945 g/mol. The highest BCUT2D eigenvalue weighted by Gasteiger charge is 2.66. The van der Waals surface area contributed by atoms with Gasteiger partial charge in [0.15, 0.2) is 0 Å². The standard InChI is InChI=1S/C58H66N4O12/c1-3-31-71-58-53(61(37-44-20-14-19-42-17-8-9-21-47(42)44)57(66)70-33-32-69-38-40-15-6-5-7-16-40)36-51(60-72-39-41-23-25-45(26-24-41)62(67)68)49-34-43(18-10-12-29-63)48(22-11-13-30-64)54(55(49)58)50-35-46(27-28-52(50)74-58)73-56(65)59-4-2/h3,5-9,14-17,19-21,23-28,34-35,43,48,53-55,63-64H,1,4,10-13,18,22,29-33,36-39H2,2H3,(H,59,65). The van der Waals surface area contributed by atoms with Crippen molar-refractivity contribution >= 4 is 34.4 Å². The number of non-ortho nitro benzene ring substituents is 1. The average molecular weight is 1010 g/mol. The van der Waals surface area contributed by atoms with Gasteiger partial charge in [-0.05, 0) is 108 Å². The molecule has 16 heteroatoms. The summed E-state index contributed by atoms with van der Waals surface area (Å²) < 4.78 is 32.6. The minimum absolute atomic E-state index is 0.0139. The van der Waals surface area contributed by atoms with Gasteiger partial charge in [-0.15, -0.1) is 6.58 Å². The topological polar surface area (TPSA) is 201 Å². The fraction of sp³-hybridized carbons (Fsp3) is 0.397. The molecular formula is C58H66N4O12. The summed E-state index contributed by atoms with van der Waals surface area (Å²) >= 11 is 0. The maximum Gasteiger partial charge on any atom is 0.412 e. The molecule has 6 atom stereocenters. The molecule has 1 fully saturated rings. The number of oxime groups is 1. The van der Waals surface area contributed by atoms with Gasteiger partial charge in [0.1, 0.15) is 30.8 Å². The lowest BCUT2D eigenvalue weighted by Gasteiger charge is -2.59. The van der Waals surface area contributed by atoms with E-state index in [1.54, 1.807) is 35.2 Å². The van der Waals surface area contributed by atoms with E-state index in [-0.39, 0.29) is 70.1 Å². The molecule has 3 aliphatic rings. The zero-order valence-corrected chi connectivity index (χ0v) is 41.9. The Balaban J connectivity index is 1.30. The smallest absolute Gasteiger partial charge is 0.412 e. The number of nitro benzene ring substituents is 1. The summed E-state index contributed by atoms with van der Waals surface area (Å²) in [6.07, 6.45) is 6.71. The first-order chi connectivity index (χ1) is 36.2. The molecule has 2 amide bonds. The first-order valence-corrected chi connectivity index (χ1v) is 25.6. The summed E-state index contributed by atoms with van der Waals surface area (Å²) in [5.74, 6) is -2.11. The number of nitrogens with one attached hydrogen (secondary N) is 1. The number of unbranched alkanes of at least 4 members (excludes halogenated alkanes) is 2. The molecule has 1 saturated carbocycles. The number of ether oxygens (including phenoxy) is 5. The monoisotopic (exact) mass is 1010 g/mol. The van der Waals surface area contributed by atoms with Crippen LogP contribution >= 0.6 is 0 Å². The number of benzene rings is 5. The van der Waals surface area contributed by atoms with Crippen molar-refractivity contribution in [2.24, 2.45) is 22.9 Å². The molecule has 0 saturated heterocycles. The van der Waals surface area contributed by atoms with E-state index in [2.05, 4.69) is 18.0 Å². The van der Waals surface area contributed by atoms with Crippen molar-refractivity contribution in [2.75, 3.05) is 39.6 Å². The summed E-state index contributed by atoms with van der Waals surface area (Å²) in [5.41, 5.74) is 4.53. The van der Waals surface area contributed by atoms with Crippen LogP contribution in [0.5, 0.6) is 11.5 Å². The molecule has 0 radical (unpaired) electrons. The number of carbonyl (C=O) groups is 2.